The predicted molar refractivity (Wildman–Crippen MR) is 148 cm³/mol. The molecule has 0 unspecified atom stereocenters. The van der Waals surface area contributed by atoms with E-state index in [0.29, 0.717) is 6.10 Å². The number of allylic oxidation sites excluding steroid dienone is 5. The lowest BCUT2D eigenvalue weighted by Crippen LogP contribution is -2.26. The number of hydrogen-bond acceptors (Lipinski definition) is 5. The summed E-state index contributed by atoms with van der Waals surface area (Å²) in [4.78, 5) is 6.60. The number of benzene rings is 1. The van der Waals surface area contributed by atoms with E-state index in [-0.39, 0.29) is 0 Å². The SMILES string of the molecule is C#C.C=C/C=C\C(C)=C/C.CC.CN(CCCN)OC1CCCC1.Nc1cccc(S)c1. The van der Waals surface area contributed by atoms with Gasteiger partial charge in [-0.2, -0.15) is 5.06 Å². The van der Waals surface area contributed by atoms with Gasteiger partial charge in [0.25, 0.3) is 0 Å². The molecule has 1 aliphatic rings. The third-order valence-electron chi connectivity index (χ3n) is 4.13. The minimum Gasteiger partial charge on any atom is -0.399 e. The predicted octanol–water partition coefficient (Wildman–Crippen LogP) is 6.67. The van der Waals surface area contributed by atoms with E-state index >= 15 is 0 Å². The van der Waals surface area contributed by atoms with Gasteiger partial charge in [0, 0.05) is 24.2 Å². The van der Waals surface area contributed by atoms with Gasteiger partial charge in [-0.05, 0) is 57.9 Å². The van der Waals surface area contributed by atoms with Crippen molar-refractivity contribution in [2.24, 2.45) is 5.73 Å². The maximum atomic E-state index is 5.69. The molecule has 4 N–H and O–H groups in total. The zero-order chi connectivity index (χ0) is 25.2. The summed E-state index contributed by atoms with van der Waals surface area (Å²) in [5, 5.41) is 1.93. The van der Waals surface area contributed by atoms with Gasteiger partial charge < -0.3 is 11.5 Å². The molecule has 32 heavy (non-hydrogen) atoms. The summed E-state index contributed by atoms with van der Waals surface area (Å²) >= 11 is 4.07. The molecule has 182 valence electrons. The number of nitrogen functional groups attached to an aromatic ring is 1. The van der Waals surface area contributed by atoms with Crippen molar-refractivity contribution in [1.29, 1.82) is 0 Å². The van der Waals surface area contributed by atoms with E-state index in [4.69, 9.17) is 16.3 Å². The first-order chi connectivity index (χ1) is 15.4. The lowest BCUT2D eigenvalue weighted by Gasteiger charge is -2.20. The van der Waals surface area contributed by atoms with Crippen LogP contribution in [-0.4, -0.2) is 31.3 Å². The Hall–Kier alpha value is -1.97. The van der Waals surface area contributed by atoms with Crippen LogP contribution in [0.15, 0.2) is 65.6 Å². The quantitative estimate of drug-likeness (QED) is 0.139. The Kier molecular flexibility index (Phi) is 29.3. The summed E-state index contributed by atoms with van der Waals surface area (Å²) in [5.41, 5.74) is 12.8. The second-order valence-corrected chi connectivity index (χ2v) is 7.24. The Balaban J connectivity index is -0.000000375. The van der Waals surface area contributed by atoms with E-state index in [1.807, 2.05) is 69.3 Å². The van der Waals surface area contributed by atoms with E-state index < -0.39 is 0 Å². The Morgan fingerprint density at radius 3 is 2.28 bits per heavy atom. The van der Waals surface area contributed by atoms with Crippen LogP contribution in [0.25, 0.3) is 0 Å². The molecule has 4 nitrogen and oxygen atoms in total. The highest BCUT2D eigenvalue weighted by atomic mass is 32.1. The number of terminal acetylenes is 1. The molecule has 0 atom stereocenters. The first-order valence-corrected chi connectivity index (χ1v) is 11.8. The van der Waals surface area contributed by atoms with Crippen LogP contribution in [0.3, 0.4) is 0 Å². The van der Waals surface area contributed by atoms with Crippen LogP contribution < -0.4 is 11.5 Å². The van der Waals surface area contributed by atoms with Crippen LogP contribution >= 0.6 is 12.6 Å². The molecular weight excluding hydrogens is 414 g/mol. The van der Waals surface area contributed by atoms with Crippen LogP contribution in [0.2, 0.25) is 0 Å². The summed E-state index contributed by atoms with van der Waals surface area (Å²) < 4.78 is 0. The minimum absolute atomic E-state index is 0.479. The van der Waals surface area contributed by atoms with Gasteiger partial charge in [0.1, 0.15) is 0 Å². The van der Waals surface area contributed by atoms with Crippen molar-refractivity contribution < 1.29 is 4.84 Å². The highest BCUT2D eigenvalue weighted by Gasteiger charge is 2.17. The van der Waals surface area contributed by atoms with Crippen molar-refractivity contribution in [1.82, 2.24) is 5.06 Å². The summed E-state index contributed by atoms with van der Waals surface area (Å²) in [6.07, 6.45) is 22.4. The molecule has 0 aliphatic heterocycles. The Morgan fingerprint density at radius 1 is 1.28 bits per heavy atom. The summed E-state index contributed by atoms with van der Waals surface area (Å²) in [6.45, 7) is 13.3. The van der Waals surface area contributed by atoms with Gasteiger partial charge in [0.05, 0.1) is 6.10 Å². The van der Waals surface area contributed by atoms with E-state index in [2.05, 4.69) is 45.1 Å². The van der Waals surface area contributed by atoms with Crippen LogP contribution in [0.4, 0.5) is 5.69 Å². The molecule has 1 aromatic carbocycles. The number of thiol groups is 1. The van der Waals surface area contributed by atoms with Gasteiger partial charge in [-0.25, -0.2) is 0 Å². The second-order valence-electron chi connectivity index (χ2n) is 6.73. The number of anilines is 1. The Bertz CT molecular complexity index is 603. The molecule has 0 bridgehead atoms. The number of nitrogens with two attached hydrogens (primary N) is 2. The number of rotatable bonds is 7. The average Bonchev–Trinajstić information content (AvgIpc) is 3.32. The summed E-state index contributed by atoms with van der Waals surface area (Å²) in [6, 6.07) is 7.40. The van der Waals surface area contributed by atoms with Crippen molar-refractivity contribution in [3.63, 3.8) is 0 Å². The van der Waals surface area contributed by atoms with Gasteiger partial charge >= 0.3 is 0 Å². The number of hydrogen-bond donors (Lipinski definition) is 3. The fourth-order valence-corrected chi connectivity index (χ4v) is 2.69. The third kappa shape index (κ3) is 24.3. The average molecular weight is 462 g/mol. The molecule has 1 fully saturated rings. The lowest BCUT2D eigenvalue weighted by atomic mass is 10.3. The zero-order valence-corrected chi connectivity index (χ0v) is 21.9. The van der Waals surface area contributed by atoms with Gasteiger partial charge in [0.2, 0.25) is 0 Å². The molecule has 0 spiro atoms. The molecule has 0 saturated heterocycles. The first kappa shape index (κ1) is 34.6. The molecule has 1 aromatic rings. The Morgan fingerprint density at radius 2 is 1.88 bits per heavy atom. The minimum atomic E-state index is 0.479. The maximum absolute atomic E-state index is 5.69. The van der Waals surface area contributed by atoms with E-state index in [9.17, 15) is 0 Å². The van der Waals surface area contributed by atoms with Crippen molar-refractivity contribution in [2.45, 2.75) is 70.8 Å². The molecular formula is C27H47N3OS. The molecule has 2 rings (SSSR count). The number of hydroxylamine groups is 2. The highest BCUT2D eigenvalue weighted by molar-refractivity contribution is 7.80. The van der Waals surface area contributed by atoms with Crippen LogP contribution in [-0.2, 0) is 4.84 Å². The van der Waals surface area contributed by atoms with Crippen LogP contribution in [0.1, 0.15) is 59.8 Å². The number of nitrogens with zero attached hydrogens (tertiary/aromatic N) is 1. The highest BCUT2D eigenvalue weighted by Crippen LogP contribution is 2.21. The fraction of sp³-hybridized carbons (Fsp3) is 0.481. The second kappa shape index (κ2) is 27.1. The van der Waals surface area contributed by atoms with E-state index in [0.717, 1.165) is 30.1 Å². The standard InChI is InChI=1S/C9H20N2O.C8H12.C6H7NS.C2H6.C2H2/c1-11(8-4-7-10)12-9-5-2-3-6-9;1-4-6-7-8(3)5-2;7-5-2-1-3-6(8)4-5;2*1-2/h9H,2-8,10H2,1H3;4-7H,1H2,2-3H3;1-4,8H,7H2;1-2H3;1-2H/b;7-6-,8-5-;;;. The normalized spacial score (nSPS) is 12.9. The largest absolute Gasteiger partial charge is 0.399 e. The van der Waals surface area contributed by atoms with Crippen LogP contribution in [0.5, 0.6) is 0 Å². The molecule has 5 heteroatoms. The van der Waals surface area contributed by atoms with E-state index in [1.165, 1.54) is 31.3 Å². The van der Waals surface area contributed by atoms with Gasteiger partial charge in [-0.15, -0.1) is 25.5 Å². The van der Waals surface area contributed by atoms with Crippen molar-refractivity contribution in [3.05, 3.63) is 60.7 Å². The topological polar surface area (TPSA) is 64.5 Å². The Labute approximate surface area is 204 Å². The van der Waals surface area contributed by atoms with Gasteiger partial charge in [-0.1, -0.05) is 69.2 Å². The van der Waals surface area contributed by atoms with Crippen molar-refractivity contribution in [2.75, 3.05) is 25.9 Å². The van der Waals surface area contributed by atoms with Crippen molar-refractivity contribution in [3.8, 4) is 12.8 Å². The maximum Gasteiger partial charge on any atom is 0.0793 e. The molecule has 1 saturated carbocycles. The lowest BCUT2D eigenvalue weighted by molar-refractivity contribution is -0.178. The zero-order valence-electron chi connectivity index (χ0n) is 21.0. The van der Waals surface area contributed by atoms with E-state index in [1.54, 1.807) is 6.08 Å². The summed E-state index contributed by atoms with van der Waals surface area (Å²) in [7, 11) is 1.99. The fourth-order valence-electron chi connectivity index (χ4n) is 2.46. The third-order valence-corrected chi connectivity index (χ3v) is 4.41. The first-order valence-electron chi connectivity index (χ1n) is 11.3. The van der Waals surface area contributed by atoms with Gasteiger partial charge in [0.15, 0.2) is 0 Å². The monoisotopic (exact) mass is 461 g/mol. The summed E-state index contributed by atoms with van der Waals surface area (Å²) in [5.74, 6) is 0. The molecule has 0 radical (unpaired) electrons. The van der Waals surface area contributed by atoms with Crippen LogP contribution in [0, 0.1) is 12.8 Å². The van der Waals surface area contributed by atoms with Crippen molar-refractivity contribution >= 4 is 18.3 Å². The molecule has 1 aliphatic carbocycles. The van der Waals surface area contributed by atoms with Gasteiger partial charge in [-0.3, -0.25) is 4.84 Å². The molecule has 0 aromatic heterocycles. The molecule has 0 heterocycles. The smallest absolute Gasteiger partial charge is 0.0793 e. The molecule has 0 amide bonds.